The van der Waals surface area contributed by atoms with Crippen LogP contribution in [0.3, 0.4) is 0 Å². The van der Waals surface area contributed by atoms with Crippen molar-refractivity contribution in [3.8, 4) is 11.1 Å². The lowest BCUT2D eigenvalue weighted by Crippen LogP contribution is -2.24. The van der Waals surface area contributed by atoms with Gasteiger partial charge in [-0.2, -0.15) is 4.98 Å². The third-order valence-corrected chi connectivity index (χ3v) is 4.37. The molecule has 0 aliphatic rings. The molecule has 1 heterocycles. The van der Waals surface area contributed by atoms with E-state index in [1.165, 1.54) is 0 Å². The van der Waals surface area contributed by atoms with Gasteiger partial charge in [-0.25, -0.2) is 0 Å². The van der Waals surface area contributed by atoms with Gasteiger partial charge in [0.1, 0.15) is 0 Å². The van der Waals surface area contributed by atoms with Crippen LogP contribution >= 0.6 is 12.4 Å². The minimum atomic E-state index is 0. The molecule has 0 saturated heterocycles. The Morgan fingerprint density at radius 2 is 1.74 bits per heavy atom. The number of rotatable bonds is 8. The van der Waals surface area contributed by atoms with Crippen molar-refractivity contribution < 1.29 is 9.32 Å². The van der Waals surface area contributed by atoms with Gasteiger partial charge in [0.15, 0.2) is 11.6 Å². The van der Waals surface area contributed by atoms with E-state index in [1.54, 1.807) is 0 Å². The zero-order chi connectivity index (χ0) is 18.4. The first-order valence-electron chi connectivity index (χ1n) is 8.83. The number of aryl methyl sites for hydroxylation is 1. The van der Waals surface area contributed by atoms with E-state index < -0.39 is 0 Å². The summed E-state index contributed by atoms with van der Waals surface area (Å²) in [5.41, 5.74) is 2.94. The normalized spacial score (nSPS) is 11.6. The molecule has 1 unspecified atom stereocenters. The number of carbonyl (C=O) groups is 1. The van der Waals surface area contributed by atoms with Crippen LogP contribution in [0.2, 0.25) is 0 Å². The van der Waals surface area contributed by atoms with Crippen LogP contribution in [0.5, 0.6) is 0 Å². The Bertz CT molecular complexity index is 847. The fourth-order valence-corrected chi connectivity index (χ4v) is 2.69. The second kappa shape index (κ2) is 10.00. The Kier molecular flexibility index (Phi) is 7.70. The molecule has 0 aliphatic heterocycles. The van der Waals surface area contributed by atoms with Crippen LogP contribution in [0.25, 0.3) is 11.1 Å². The molecule has 2 aromatic carbocycles. The van der Waals surface area contributed by atoms with E-state index in [2.05, 4.69) is 34.5 Å². The Morgan fingerprint density at radius 1 is 1.07 bits per heavy atom. The predicted octanol–water partition coefficient (Wildman–Crippen LogP) is 4.12. The Hall–Kier alpha value is -2.50. The second-order valence-electron chi connectivity index (χ2n) is 6.36. The molecule has 1 aromatic heterocycles. The summed E-state index contributed by atoms with van der Waals surface area (Å²) >= 11 is 0. The zero-order valence-electron chi connectivity index (χ0n) is 15.5. The van der Waals surface area contributed by atoms with Gasteiger partial charge in [0.2, 0.25) is 5.89 Å². The molecular weight excluding hydrogens is 362 g/mol. The van der Waals surface area contributed by atoms with Crippen LogP contribution in [-0.2, 0) is 12.8 Å². The largest absolute Gasteiger partial charge is 0.339 e. The number of halogens is 1. The summed E-state index contributed by atoms with van der Waals surface area (Å²) in [5, 5.41) is 7.10. The molecule has 5 nitrogen and oxygen atoms in total. The number of ketones is 1. The lowest BCUT2D eigenvalue weighted by molar-refractivity contribution is 0.0979. The molecule has 142 valence electrons. The van der Waals surface area contributed by atoms with Gasteiger partial charge < -0.3 is 9.84 Å². The first-order valence-corrected chi connectivity index (χ1v) is 8.83. The highest BCUT2D eigenvalue weighted by molar-refractivity contribution is 5.96. The van der Waals surface area contributed by atoms with Crippen LogP contribution in [-0.4, -0.2) is 29.0 Å². The molecule has 6 heteroatoms. The van der Waals surface area contributed by atoms with E-state index in [1.807, 2.05) is 49.5 Å². The molecule has 3 rings (SSSR count). The number of hydrogen-bond donors (Lipinski definition) is 1. The monoisotopic (exact) mass is 385 g/mol. The Labute approximate surface area is 165 Å². The van der Waals surface area contributed by atoms with Crippen molar-refractivity contribution in [3.63, 3.8) is 0 Å². The molecule has 1 N–H and O–H groups in total. The van der Waals surface area contributed by atoms with Gasteiger partial charge in [-0.1, -0.05) is 59.8 Å². The van der Waals surface area contributed by atoms with E-state index in [0.717, 1.165) is 11.1 Å². The SMILES string of the molecule is CNC(C)Cc1noc(CCC(=O)c2ccc(-c3ccccc3)cc2)n1.Cl. The number of hydrogen-bond acceptors (Lipinski definition) is 5. The number of carbonyl (C=O) groups excluding carboxylic acids is 1. The van der Waals surface area contributed by atoms with Crippen molar-refractivity contribution in [1.82, 2.24) is 15.5 Å². The van der Waals surface area contributed by atoms with Gasteiger partial charge in [-0.15, -0.1) is 12.4 Å². The summed E-state index contributed by atoms with van der Waals surface area (Å²) in [4.78, 5) is 16.7. The standard InChI is InChI=1S/C21H23N3O2.ClH/c1-15(22-2)14-20-23-21(26-24-20)13-12-19(25)18-10-8-17(9-11-18)16-6-4-3-5-7-16;/h3-11,15,22H,12-14H2,1-2H3;1H. The zero-order valence-corrected chi connectivity index (χ0v) is 16.3. The van der Waals surface area contributed by atoms with Crippen molar-refractivity contribution in [1.29, 1.82) is 0 Å². The maximum atomic E-state index is 12.4. The van der Waals surface area contributed by atoms with Crippen molar-refractivity contribution in [2.24, 2.45) is 0 Å². The number of aromatic nitrogens is 2. The first-order chi connectivity index (χ1) is 12.7. The minimum Gasteiger partial charge on any atom is -0.339 e. The summed E-state index contributed by atoms with van der Waals surface area (Å²) < 4.78 is 5.23. The second-order valence-corrected chi connectivity index (χ2v) is 6.36. The number of benzene rings is 2. The van der Waals surface area contributed by atoms with Crippen LogP contribution in [0.15, 0.2) is 59.1 Å². The van der Waals surface area contributed by atoms with E-state index in [4.69, 9.17) is 4.52 Å². The smallest absolute Gasteiger partial charge is 0.227 e. The summed E-state index contributed by atoms with van der Waals surface area (Å²) in [6.07, 6.45) is 1.52. The highest BCUT2D eigenvalue weighted by Crippen LogP contribution is 2.20. The fourth-order valence-electron chi connectivity index (χ4n) is 2.69. The summed E-state index contributed by atoms with van der Waals surface area (Å²) in [6, 6.07) is 18.1. The molecule has 0 radical (unpaired) electrons. The lowest BCUT2D eigenvalue weighted by Gasteiger charge is -2.04. The highest BCUT2D eigenvalue weighted by Gasteiger charge is 2.12. The van der Waals surface area contributed by atoms with Crippen molar-refractivity contribution >= 4 is 18.2 Å². The highest BCUT2D eigenvalue weighted by atomic mass is 35.5. The van der Waals surface area contributed by atoms with Crippen LogP contribution in [0.1, 0.15) is 35.4 Å². The molecule has 0 aliphatic carbocycles. The van der Waals surface area contributed by atoms with Gasteiger partial charge >= 0.3 is 0 Å². The van der Waals surface area contributed by atoms with Crippen LogP contribution in [0.4, 0.5) is 0 Å². The van der Waals surface area contributed by atoms with Crippen molar-refractivity contribution in [3.05, 3.63) is 71.9 Å². The predicted molar refractivity (Wildman–Crippen MR) is 108 cm³/mol. The maximum Gasteiger partial charge on any atom is 0.227 e. The molecule has 0 bridgehead atoms. The third-order valence-electron chi connectivity index (χ3n) is 4.37. The third kappa shape index (κ3) is 5.74. The van der Waals surface area contributed by atoms with Crippen molar-refractivity contribution in [2.75, 3.05) is 7.05 Å². The van der Waals surface area contributed by atoms with Crippen LogP contribution in [0, 0.1) is 0 Å². The Morgan fingerprint density at radius 3 is 2.41 bits per heavy atom. The molecule has 0 spiro atoms. The molecule has 0 saturated carbocycles. The quantitative estimate of drug-likeness (QED) is 0.590. The minimum absolute atomic E-state index is 0. The van der Waals surface area contributed by atoms with Gasteiger partial charge in [-0.3, -0.25) is 4.79 Å². The number of Topliss-reactive ketones (excluding diaryl/α,β-unsaturated/α-hetero) is 1. The van der Waals surface area contributed by atoms with E-state index in [-0.39, 0.29) is 24.2 Å². The van der Waals surface area contributed by atoms with Gasteiger partial charge in [0.25, 0.3) is 0 Å². The lowest BCUT2D eigenvalue weighted by atomic mass is 10.0. The van der Waals surface area contributed by atoms with Gasteiger partial charge in [-0.05, 0) is 25.1 Å². The van der Waals surface area contributed by atoms with Gasteiger partial charge in [0.05, 0.1) is 0 Å². The molecule has 1 atom stereocenters. The first kappa shape index (κ1) is 20.8. The molecule has 0 fully saturated rings. The summed E-state index contributed by atoms with van der Waals surface area (Å²) in [5.74, 6) is 1.26. The van der Waals surface area contributed by atoms with E-state index >= 15 is 0 Å². The average Bonchev–Trinajstić information content (AvgIpc) is 3.14. The number of nitrogens with one attached hydrogen (secondary N) is 1. The Balaban J connectivity index is 0.00000261. The molecule has 0 amide bonds. The molecule has 27 heavy (non-hydrogen) atoms. The summed E-state index contributed by atoms with van der Waals surface area (Å²) in [7, 11) is 1.90. The molecular formula is C21H24ClN3O2. The maximum absolute atomic E-state index is 12.4. The van der Waals surface area contributed by atoms with Crippen molar-refractivity contribution in [2.45, 2.75) is 32.2 Å². The van der Waals surface area contributed by atoms with Gasteiger partial charge in [0, 0.05) is 30.9 Å². The van der Waals surface area contributed by atoms with Crippen LogP contribution < -0.4 is 5.32 Å². The average molecular weight is 386 g/mol. The summed E-state index contributed by atoms with van der Waals surface area (Å²) in [6.45, 7) is 2.05. The van der Waals surface area contributed by atoms with E-state index in [9.17, 15) is 4.79 Å². The topological polar surface area (TPSA) is 68.0 Å². The fraction of sp³-hybridized carbons (Fsp3) is 0.286. The number of likely N-dealkylation sites (N-methyl/N-ethyl adjacent to an activating group) is 1. The number of nitrogens with zero attached hydrogens (tertiary/aromatic N) is 2. The molecule has 3 aromatic rings. The van der Waals surface area contributed by atoms with E-state index in [0.29, 0.717) is 36.5 Å².